The average molecular weight is 436 g/mol. The number of nitrogens with one attached hydrogen (secondary N) is 1. The van der Waals surface area contributed by atoms with Gasteiger partial charge in [0.05, 0.1) is 28.8 Å². The van der Waals surface area contributed by atoms with Crippen molar-refractivity contribution in [1.82, 2.24) is 4.98 Å². The van der Waals surface area contributed by atoms with Crippen molar-refractivity contribution >= 4 is 34.2 Å². The number of nitrogens with zero attached hydrogens (tertiary/aromatic N) is 2. The minimum absolute atomic E-state index is 0.411. The van der Waals surface area contributed by atoms with E-state index < -0.39 is 0 Å². The summed E-state index contributed by atoms with van der Waals surface area (Å²) in [6.07, 6.45) is 1.91. The number of aliphatic imine (C=N–C) groups is 1. The van der Waals surface area contributed by atoms with Crippen LogP contribution in [0.15, 0.2) is 71.7 Å². The van der Waals surface area contributed by atoms with Crippen molar-refractivity contribution in [3.63, 3.8) is 0 Å². The Hall–Kier alpha value is -3.46. The fraction of sp³-hybridized carbons (Fsp3) is 0.267. The van der Waals surface area contributed by atoms with Crippen molar-refractivity contribution < 1.29 is 0 Å². The van der Waals surface area contributed by atoms with Crippen LogP contribution in [0.4, 0.5) is 17.1 Å². The van der Waals surface area contributed by atoms with Gasteiger partial charge in [-0.1, -0.05) is 82.3 Å². The Bertz CT molecular complexity index is 1270. The second-order valence-corrected chi connectivity index (χ2v) is 9.36. The lowest BCUT2D eigenvalue weighted by Crippen LogP contribution is -1.99. The molecule has 3 nitrogen and oxygen atoms in total. The molecule has 0 unspecified atom stereocenters. The summed E-state index contributed by atoms with van der Waals surface area (Å²) in [5, 5.41) is 4.73. The van der Waals surface area contributed by atoms with Gasteiger partial charge >= 0.3 is 0 Å². The summed E-state index contributed by atoms with van der Waals surface area (Å²) in [5.41, 5.74) is 10.0. The molecule has 1 N–H and O–H groups in total. The van der Waals surface area contributed by atoms with Gasteiger partial charge in [0.15, 0.2) is 0 Å². The Morgan fingerprint density at radius 3 is 2.00 bits per heavy atom. The topological polar surface area (TPSA) is 37.3 Å². The summed E-state index contributed by atoms with van der Waals surface area (Å²) < 4.78 is 0. The lowest BCUT2D eigenvalue weighted by atomic mass is 9.93. The Morgan fingerprint density at radius 1 is 0.758 bits per heavy atom. The molecule has 0 saturated carbocycles. The maximum atomic E-state index is 4.98. The number of hydrogen-bond donors (Lipinski definition) is 1. The number of rotatable bonds is 6. The fourth-order valence-corrected chi connectivity index (χ4v) is 4.27. The largest absolute Gasteiger partial charge is 0.353 e. The van der Waals surface area contributed by atoms with E-state index in [9.17, 15) is 0 Å². The Kier molecular flexibility index (Phi) is 6.60. The van der Waals surface area contributed by atoms with Gasteiger partial charge in [-0.3, -0.25) is 4.99 Å². The molecule has 0 fully saturated rings. The van der Waals surface area contributed by atoms with E-state index in [2.05, 4.69) is 108 Å². The SMILES string of the molecule is Cc1cccc(C)c1Nc1cccc2ccc(/C=N/c3c(C(C)C)cccc3C(C)C)nc12. The maximum Gasteiger partial charge on any atom is 0.0944 e. The van der Waals surface area contributed by atoms with Crippen LogP contribution in [-0.2, 0) is 0 Å². The third-order valence-electron chi connectivity index (χ3n) is 6.15. The molecule has 4 aromatic rings. The number of aromatic nitrogens is 1. The monoisotopic (exact) mass is 435 g/mol. The van der Waals surface area contributed by atoms with Crippen LogP contribution in [0.1, 0.15) is 67.5 Å². The Labute approximate surface area is 197 Å². The highest BCUT2D eigenvalue weighted by Gasteiger charge is 2.13. The molecule has 0 spiro atoms. The van der Waals surface area contributed by atoms with E-state index in [1.165, 1.54) is 22.3 Å². The van der Waals surface area contributed by atoms with Crippen molar-refractivity contribution in [2.75, 3.05) is 5.32 Å². The highest BCUT2D eigenvalue weighted by atomic mass is 14.9. The molecule has 0 atom stereocenters. The van der Waals surface area contributed by atoms with Crippen LogP contribution in [0.2, 0.25) is 0 Å². The molecule has 3 aromatic carbocycles. The van der Waals surface area contributed by atoms with E-state index in [0.717, 1.165) is 33.7 Å². The minimum Gasteiger partial charge on any atom is -0.353 e. The molecule has 33 heavy (non-hydrogen) atoms. The van der Waals surface area contributed by atoms with Crippen LogP contribution in [0.25, 0.3) is 10.9 Å². The van der Waals surface area contributed by atoms with Crippen LogP contribution in [0.3, 0.4) is 0 Å². The summed E-state index contributed by atoms with van der Waals surface area (Å²) in [4.78, 5) is 9.94. The second-order valence-electron chi connectivity index (χ2n) is 9.36. The van der Waals surface area contributed by atoms with Crippen LogP contribution in [0.5, 0.6) is 0 Å². The first-order valence-electron chi connectivity index (χ1n) is 11.7. The predicted octanol–water partition coefficient (Wildman–Crippen LogP) is 8.59. The smallest absolute Gasteiger partial charge is 0.0944 e. The molecule has 4 rings (SSSR count). The molecular weight excluding hydrogens is 402 g/mol. The normalized spacial score (nSPS) is 11.8. The highest BCUT2D eigenvalue weighted by Crippen LogP contribution is 2.35. The standard InChI is InChI=1S/C30H33N3/c1-19(2)25-13-9-14-26(20(3)4)30(25)31-18-24-17-16-23-12-8-15-27(29(23)32-24)33-28-21(5)10-7-11-22(28)6/h7-20,33H,1-6H3/b31-18+. The molecule has 3 heteroatoms. The van der Waals surface area contributed by atoms with Crippen molar-refractivity contribution in [3.05, 3.63) is 94.7 Å². The van der Waals surface area contributed by atoms with Gasteiger partial charge in [0.25, 0.3) is 0 Å². The number of para-hydroxylation sites is 3. The van der Waals surface area contributed by atoms with Gasteiger partial charge in [0.2, 0.25) is 0 Å². The number of aryl methyl sites for hydroxylation is 2. The third-order valence-corrected chi connectivity index (χ3v) is 6.15. The minimum atomic E-state index is 0.411. The van der Waals surface area contributed by atoms with Gasteiger partial charge in [-0.05, 0) is 60.1 Å². The summed E-state index contributed by atoms with van der Waals surface area (Å²) in [6, 6.07) is 23.3. The Morgan fingerprint density at radius 2 is 1.36 bits per heavy atom. The van der Waals surface area contributed by atoms with Gasteiger partial charge in [0.1, 0.15) is 0 Å². The van der Waals surface area contributed by atoms with Crippen LogP contribution in [0, 0.1) is 13.8 Å². The second kappa shape index (κ2) is 9.58. The number of hydrogen-bond acceptors (Lipinski definition) is 3. The zero-order valence-electron chi connectivity index (χ0n) is 20.5. The molecule has 0 bridgehead atoms. The summed E-state index contributed by atoms with van der Waals surface area (Å²) in [6.45, 7) is 13.1. The Balaban J connectivity index is 1.76. The van der Waals surface area contributed by atoms with Gasteiger partial charge < -0.3 is 5.32 Å². The van der Waals surface area contributed by atoms with Crippen molar-refractivity contribution in [2.45, 2.75) is 53.4 Å². The maximum absolute atomic E-state index is 4.98. The van der Waals surface area contributed by atoms with E-state index in [0.29, 0.717) is 11.8 Å². The van der Waals surface area contributed by atoms with Crippen molar-refractivity contribution in [2.24, 2.45) is 4.99 Å². The van der Waals surface area contributed by atoms with Crippen LogP contribution >= 0.6 is 0 Å². The zero-order chi connectivity index (χ0) is 23.5. The third kappa shape index (κ3) is 4.83. The lowest BCUT2D eigenvalue weighted by Gasteiger charge is -2.16. The van der Waals surface area contributed by atoms with Gasteiger partial charge in [-0.2, -0.15) is 0 Å². The highest BCUT2D eigenvalue weighted by molar-refractivity contribution is 5.95. The quantitative estimate of drug-likeness (QED) is 0.308. The summed E-state index contributed by atoms with van der Waals surface area (Å²) in [7, 11) is 0. The van der Waals surface area contributed by atoms with Gasteiger partial charge in [-0.25, -0.2) is 4.98 Å². The molecule has 0 saturated heterocycles. The van der Waals surface area contributed by atoms with Gasteiger partial charge in [-0.15, -0.1) is 0 Å². The number of fused-ring (bicyclic) bond motifs is 1. The van der Waals surface area contributed by atoms with Crippen LogP contribution < -0.4 is 5.32 Å². The summed E-state index contributed by atoms with van der Waals surface area (Å²) in [5.74, 6) is 0.821. The number of benzene rings is 3. The molecule has 0 radical (unpaired) electrons. The zero-order valence-corrected chi connectivity index (χ0v) is 20.5. The van der Waals surface area contributed by atoms with E-state index in [4.69, 9.17) is 9.98 Å². The summed E-state index contributed by atoms with van der Waals surface area (Å²) >= 11 is 0. The molecule has 168 valence electrons. The molecule has 1 aromatic heterocycles. The average Bonchev–Trinajstić information content (AvgIpc) is 2.79. The molecule has 0 aliphatic heterocycles. The molecule has 0 aliphatic rings. The lowest BCUT2D eigenvalue weighted by molar-refractivity contribution is 0.835. The van der Waals surface area contributed by atoms with E-state index in [-0.39, 0.29) is 0 Å². The van der Waals surface area contributed by atoms with Crippen LogP contribution in [-0.4, -0.2) is 11.2 Å². The van der Waals surface area contributed by atoms with E-state index in [1.807, 2.05) is 12.3 Å². The first-order chi connectivity index (χ1) is 15.8. The van der Waals surface area contributed by atoms with E-state index in [1.54, 1.807) is 0 Å². The first-order valence-corrected chi connectivity index (χ1v) is 11.7. The molecule has 0 aliphatic carbocycles. The van der Waals surface area contributed by atoms with E-state index >= 15 is 0 Å². The molecular formula is C30H33N3. The van der Waals surface area contributed by atoms with Gasteiger partial charge in [0, 0.05) is 11.1 Å². The predicted molar refractivity (Wildman–Crippen MR) is 143 cm³/mol. The molecule has 1 heterocycles. The first kappa shape index (κ1) is 22.7. The molecule has 0 amide bonds. The number of pyridine rings is 1. The fourth-order valence-electron chi connectivity index (χ4n) is 4.27. The van der Waals surface area contributed by atoms with Crippen molar-refractivity contribution in [1.29, 1.82) is 0 Å². The number of anilines is 2. The van der Waals surface area contributed by atoms with Crippen molar-refractivity contribution in [3.8, 4) is 0 Å².